The molecule has 0 saturated heterocycles. The smallest absolute Gasteiger partial charge is 0.347 e. The van der Waals surface area contributed by atoms with Crippen LogP contribution in [-0.2, 0) is 4.74 Å². The van der Waals surface area contributed by atoms with Crippen molar-refractivity contribution in [3.8, 4) is 0 Å². The first kappa shape index (κ1) is 19.3. The highest BCUT2D eigenvalue weighted by Crippen LogP contribution is 2.44. The molecule has 0 unspecified atom stereocenters. The lowest BCUT2D eigenvalue weighted by molar-refractivity contribution is -0.292. The molecule has 1 nitrogen and oxygen atoms in total. The first-order chi connectivity index (χ1) is 11.5. The fourth-order valence-electron chi connectivity index (χ4n) is 2.31. The molecule has 0 aliphatic heterocycles. The molecule has 0 amide bonds. The highest BCUT2D eigenvalue weighted by molar-refractivity contribution is 5.26. The molecule has 0 aliphatic carbocycles. The van der Waals surface area contributed by atoms with Gasteiger partial charge in [0.1, 0.15) is 0 Å². The number of hydrogen-bond donors (Lipinski definition) is 0. The van der Waals surface area contributed by atoms with Crippen LogP contribution in [-0.4, -0.2) is 12.4 Å². The van der Waals surface area contributed by atoms with E-state index in [1.54, 1.807) is 13.8 Å². The van der Waals surface area contributed by atoms with Gasteiger partial charge in [0, 0.05) is 0 Å². The number of alkyl halides is 6. The van der Waals surface area contributed by atoms with Crippen molar-refractivity contribution in [2.45, 2.75) is 38.4 Å². The van der Waals surface area contributed by atoms with E-state index in [1.165, 1.54) is 24.3 Å². The Labute approximate surface area is 141 Å². The molecule has 0 radical (unpaired) electrons. The molecular weight excluding hydrogens is 346 g/mol. The van der Waals surface area contributed by atoms with Gasteiger partial charge in [-0.2, -0.15) is 26.3 Å². The van der Waals surface area contributed by atoms with Crippen molar-refractivity contribution in [3.63, 3.8) is 0 Å². The lowest BCUT2D eigenvalue weighted by Gasteiger charge is -2.28. The average Bonchev–Trinajstić information content (AvgIpc) is 2.48. The second-order valence-corrected chi connectivity index (χ2v) is 5.80. The van der Waals surface area contributed by atoms with Crippen LogP contribution in [0.4, 0.5) is 26.3 Å². The number of benzene rings is 2. The Balaban J connectivity index is 2.42. The second-order valence-electron chi connectivity index (χ2n) is 5.80. The number of rotatable bonds is 4. The summed E-state index contributed by atoms with van der Waals surface area (Å²) < 4.78 is 84.6. The van der Waals surface area contributed by atoms with E-state index in [-0.39, 0.29) is 11.1 Å². The lowest BCUT2D eigenvalue weighted by atomic mass is 10.0. The first-order valence-corrected chi connectivity index (χ1v) is 7.40. The van der Waals surface area contributed by atoms with Crippen LogP contribution in [0.2, 0.25) is 0 Å². The van der Waals surface area contributed by atoms with Gasteiger partial charge in [-0.25, -0.2) is 0 Å². The zero-order valence-electron chi connectivity index (χ0n) is 13.4. The van der Waals surface area contributed by atoms with Crippen LogP contribution in [0.1, 0.15) is 34.5 Å². The number of halogens is 6. The predicted octanol–water partition coefficient (Wildman–Crippen LogP) is 6.23. The summed E-state index contributed by atoms with van der Waals surface area (Å²) in [6.07, 6.45) is -15.3. The Hall–Kier alpha value is -2.02. The van der Waals surface area contributed by atoms with Crippen LogP contribution in [0.15, 0.2) is 48.5 Å². The molecular formula is C18H16F6O. The zero-order valence-corrected chi connectivity index (χ0v) is 13.4. The molecule has 0 bridgehead atoms. The van der Waals surface area contributed by atoms with Gasteiger partial charge >= 0.3 is 12.4 Å². The summed E-state index contributed by atoms with van der Waals surface area (Å²) in [4.78, 5) is 0. The van der Waals surface area contributed by atoms with Gasteiger partial charge in [-0.1, -0.05) is 59.7 Å². The van der Waals surface area contributed by atoms with Crippen molar-refractivity contribution in [2.24, 2.45) is 0 Å². The maximum absolute atomic E-state index is 13.3. The van der Waals surface area contributed by atoms with Gasteiger partial charge in [0.2, 0.25) is 0 Å². The summed E-state index contributed by atoms with van der Waals surface area (Å²) in [6, 6.07) is 10.1. The van der Waals surface area contributed by atoms with Crippen molar-refractivity contribution in [3.05, 3.63) is 70.8 Å². The summed E-state index contributed by atoms with van der Waals surface area (Å²) >= 11 is 0. The van der Waals surface area contributed by atoms with E-state index in [9.17, 15) is 26.3 Å². The maximum atomic E-state index is 13.3. The lowest BCUT2D eigenvalue weighted by Crippen LogP contribution is -2.31. The van der Waals surface area contributed by atoms with E-state index in [4.69, 9.17) is 0 Å². The van der Waals surface area contributed by atoms with Gasteiger partial charge in [0.25, 0.3) is 0 Å². The van der Waals surface area contributed by atoms with Crippen LogP contribution in [0.5, 0.6) is 0 Å². The van der Waals surface area contributed by atoms with Gasteiger partial charge in [-0.3, -0.25) is 0 Å². The largest absolute Gasteiger partial charge is 0.418 e. The summed E-state index contributed by atoms with van der Waals surface area (Å²) in [5.41, 5.74) is 0.630. The first-order valence-electron chi connectivity index (χ1n) is 7.40. The monoisotopic (exact) mass is 362 g/mol. The second kappa shape index (κ2) is 7.07. The molecule has 0 aliphatic rings. The molecule has 0 N–H and O–H groups in total. The fraction of sp³-hybridized carbons (Fsp3) is 0.333. The van der Waals surface area contributed by atoms with Gasteiger partial charge in [0.15, 0.2) is 12.2 Å². The van der Waals surface area contributed by atoms with Crippen molar-refractivity contribution in [2.75, 3.05) is 0 Å². The third-order valence-corrected chi connectivity index (χ3v) is 3.63. The van der Waals surface area contributed by atoms with E-state index >= 15 is 0 Å². The molecule has 25 heavy (non-hydrogen) atoms. The van der Waals surface area contributed by atoms with Gasteiger partial charge in [-0.15, -0.1) is 0 Å². The third kappa shape index (κ3) is 4.98. The maximum Gasteiger partial charge on any atom is 0.418 e. The van der Waals surface area contributed by atoms with Gasteiger partial charge < -0.3 is 4.74 Å². The highest BCUT2D eigenvalue weighted by Gasteiger charge is 2.50. The summed E-state index contributed by atoms with van der Waals surface area (Å²) in [5.74, 6) is 0. The minimum Gasteiger partial charge on any atom is -0.347 e. The topological polar surface area (TPSA) is 9.23 Å². The van der Waals surface area contributed by atoms with Crippen LogP contribution in [0.25, 0.3) is 0 Å². The molecule has 0 spiro atoms. The normalized spacial score (nSPS) is 15.0. The van der Waals surface area contributed by atoms with Crippen LogP contribution in [0, 0.1) is 13.8 Å². The zero-order chi connectivity index (χ0) is 18.8. The summed E-state index contributed by atoms with van der Waals surface area (Å²) in [7, 11) is 0. The number of hydrogen-bond acceptors (Lipinski definition) is 1. The van der Waals surface area contributed by atoms with Crippen molar-refractivity contribution in [1.82, 2.24) is 0 Å². The molecule has 2 aromatic rings. The number of aryl methyl sites for hydroxylation is 2. The van der Waals surface area contributed by atoms with E-state index < -0.39 is 24.6 Å². The Morgan fingerprint density at radius 3 is 1.12 bits per heavy atom. The summed E-state index contributed by atoms with van der Waals surface area (Å²) in [5, 5.41) is 0. The predicted molar refractivity (Wildman–Crippen MR) is 81.0 cm³/mol. The third-order valence-electron chi connectivity index (χ3n) is 3.63. The summed E-state index contributed by atoms with van der Waals surface area (Å²) in [6.45, 7) is 3.33. The van der Waals surface area contributed by atoms with E-state index in [1.807, 2.05) is 0 Å². The number of ether oxygens (including phenoxy) is 1. The van der Waals surface area contributed by atoms with Gasteiger partial charge in [0.05, 0.1) is 0 Å². The van der Waals surface area contributed by atoms with Crippen LogP contribution >= 0.6 is 0 Å². The molecule has 2 atom stereocenters. The molecule has 2 aromatic carbocycles. The molecule has 7 heteroatoms. The molecule has 0 saturated carbocycles. The van der Waals surface area contributed by atoms with Crippen molar-refractivity contribution < 1.29 is 31.1 Å². The molecule has 0 fully saturated rings. The Kier molecular flexibility index (Phi) is 5.46. The van der Waals surface area contributed by atoms with Crippen LogP contribution < -0.4 is 0 Å². The SMILES string of the molecule is Cc1ccc([C@@H](O[C@@H](c2ccc(C)cc2)C(F)(F)F)C(F)(F)F)cc1. The molecule has 0 aromatic heterocycles. The Bertz CT molecular complexity index is 624. The van der Waals surface area contributed by atoms with Crippen molar-refractivity contribution >= 4 is 0 Å². The Morgan fingerprint density at radius 2 is 0.880 bits per heavy atom. The fourth-order valence-corrected chi connectivity index (χ4v) is 2.31. The van der Waals surface area contributed by atoms with E-state index in [2.05, 4.69) is 4.74 Å². The average molecular weight is 362 g/mol. The molecule has 136 valence electrons. The molecule has 2 rings (SSSR count). The minimum atomic E-state index is -4.98. The molecule has 0 heterocycles. The van der Waals surface area contributed by atoms with E-state index in [0.717, 1.165) is 24.3 Å². The van der Waals surface area contributed by atoms with Crippen molar-refractivity contribution in [1.29, 1.82) is 0 Å². The highest BCUT2D eigenvalue weighted by atomic mass is 19.4. The quantitative estimate of drug-likeness (QED) is 0.586. The van der Waals surface area contributed by atoms with E-state index in [0.29, 0.717) is 11.1 Å². The van der Waals surface area contributed by atoms with Crippen LogP contribution in [0.3, 0.4) is 0 Å². The minimum absolute atomic E-state index is 0.375. The van der Waals surface area contributed by atoms with Gasteiger partial charge in [-0.05, 0) is 25.0 Å². The standard InChI is InChI=1S/C18H16F6O/c1-11-3-7-13(8-4-11)15(17(19,20)21)25-16(18(22,23)24)14-9-5-12(2)6-10-14/h3-10,15-16H,1-2H3/t15-,16+. The Morgan fingerprint density at radius 1 is 0.600 bits per heavy atom.